The molecule has 1 aromatic carbocycles. The predicted octanol–water partition coefficient (Wildman–Crippen LogP) is 3.93. The van der Waals surface area contributed by atoms with E-state index >= 15 is 0 Å². The molecule has 2 aliphatic rings. The van der Waals surface area contributed by atoms with Crippen LogP contribution in [0.15, 0.2) is 46.6 Å². The summed E-state index contributed by atoms with van der Waals surface area (Å²) >= 11 is 1.02. The third-order valence-corrected chi connectivity index (χ3v) is 6.49. The fraction of sp³-hybridized carbons (Fsp3) is 0.391. The normalized spacial score (nSPS) is 19.6. The van der Waals surface area contributed by atoms with Crippen LogP contribution in [-0.4, -0.2) is 34.6 Å². The molecule has 1 fully saturated rings. The van der Waals surface area contributed by atoms with Gasteiger partial charge in [0.05, 0.1) is 11.9 Å². The van der Waals surface area contributed by atoms with E-state index in [4.69, 9.17) is 4.74 Å². The van der Waals surface area contributed by atoms with E-state index in [0.717, 1.165) is 35.9 Å². The zero-order valence-electron chi connectivity index (χ0n) is 17.4. The highest BCUT2D eigenvalue weighted by Crippen LogP contribution is 2.27. The molecule has 1 atom stereocenters. The van der Waals surface area contributed by atoms with Gasteiger partial charge in [0, 0.05) is 22.3 Å². The van der Waals surface area contributed by atoms with E-state index in [0.29, 0.717) is 41.7 Å². The average Bonchev–Trinajstić information content (AvgIpc) is 3.04. The van der Waals surface area contributed by atoms with Crippen molar-refractivity contribution in [1.29, 1.82) is 0 Å². The first kappa shape index (κ1) is 22.0. The molecule has 6 nitrogen and oxygen atoms in total. The van der Waals surface area contributed by atoms with Gasteiger partial charge in [-0.3, -0.25) is 24.5 Å². The van der Waals surface area contributed by atoms with Crippen LogP contribution in [0.2, 0.25) is 0 Å². The number of allylic oxidation sites excluding steroid dienone is 4. The largest absolute Gasteiger partial charge is 0.494 e. The smallest absolute Gasteiger partial charge is 0.286 e. The lowest BCUT2D eigenvalue weighted by Gasteiger charge is -2.18. The SMILES string of the molecule is CC1=C(C)C(=O)C(CCCCOc2ccc(CC3SC(=O)NC3=O)cc2)=C(C)C1=O. The Kier molecular flexibility index (Phi) is 6.92. The van der Waals surface area contributed by atoms with Crippen molar-refractivity contribution in [3.63, 3.8) is 0 Å². The number of hydrogen-bond donors (Lipinski definition) is 1. The van der Waals surface area contributed by atoms with Gasteiger partial charge in [-0.2, -0.15) is 0 Å². The molecule has 0 saturated carbocycles. The van der Waals surface area contributed by atoms with Crippen LogP contribution in [-0.2, 0) is 20.8 Å². The maximum Gasteiger partial charge on any atom is 0.286 e. The molecule has 3 rings (SSSR count). The maximum absolute atomic E-state index is 12.4. The van der Waals surface area contributed by atoms with Crippen LogP contribution < -0.4 is 10.1 Å². The maximum atomic E-state index is 12.4. The van der Waals surface area contributed by atoms with E-state index in [9.17, 15) is 19.2 Å². The minimum Gasteiger partial charge on any atom is -0.494 e. The van der Waals surface area contributed by atoms with Crippen LogP contribution in [0.25, 0.3) is 0 Å². The molecule has 0 spiro atoms. The van der Waals surface area contributed by atoms with Crippen molar-refractivity contribution in [3.8, 4) is 5.75 Å². The molecule has 1 aliphatic heterocycles. The van der Waals surface area contributed by atoms with Crippen LogP contribution in [0.3, 0.4) is 0 Å². The first-order chi connectivity index (χ1) is 14.3. The van der Waals surface area contributed by atoms with Gasteiger partial charge in [-0.1, -0.05) is 23.9 Å². The van der Waals surface area contributed by atoms with Crippen LogP contribution in [0.1, 0.15) is 45.6 Å². The number of amides is 2. The molecule has 0 aromatic heterocycles. The van der Waals surface area contributed by atoms with Crippen LogP contribution in [0.4, 0.5) is 4.79 Å². The topological polar surface area (TPSA) is 89.5 Å². The lowest BCUT2D eigenvalue weighted by atomic mass is 9.84. The zero-order chi connectivity index (χ0) is 21.8. The number of Topliss-reactive ketones (excluding diaryl/α,β-unsaturated/α-hetero) is 2. The van der Waals surface area contributed by atoms with Crippen molar-refractivity contribution in [2.24, 2.45) is 0 Å². The highest BCUT2D eigenvalue weighted by molar-refractivity contribution is 8.15. The number of ether oxygens (including phenoxy) is 1. The van der Waals surface area contributed by atoms with Crippen molar-refractivity contribution in [2.45, 2.75) is 51.7 Å². The molecule has 1 saturated heterocycles. The van der Waals surface area contributed by atoms with Gasteiger partial charge in [-0.05, 0) is 64.2 Å². The summed E-state index contributed by atoms with van der Waals surface area (Å²) in [6.07, 6.45) is 2.60. The Bertz CT molecular complexity index is 958. The molecule has 30 heavy (non-hydrogen) atoms. The van der Waals surface area contributed by atoms with Gasteiger partial charge in [-0.25, -0.2) is 0 Å². The minimum absolute atomic E-state index is 0.0167. The van der Waals surface area contributed by atoms with E-state index in [2.05, 4.69) is 5.32 Å². The molecular formula is C23H25NO5S. The first-order valence-electron chi connectivity index (χ1n) is 9.97. The van der Waals surface area contributed by atoms with Crippen LogP contribution >= 0.6 is 11.8 Å². The van der Waals surface area contributed by atoms with Crippen molar-refractivity contribution in [3.05, 3.63) is 52.1 Å². The van der Waals surface area contributed by atoms with E-state index in [-0.39, 0.29) is 28.0 Å². The lowest BCUT2D eigenvalue weighted by Crippen LogP contribution is -2.25. The second kappa shape index (κ2) is 9.43. The second-order valence-corrected chi connectivity index (χ2v) is 8.72. The molecular weight excluding hydrogens is 402 g/mol. The Hall–Kier alpha value is -2.67. The predicted molar refractivity (Wildman–Crippen MR) is 115 cm³/mol. The Morgan fingerprint density at radius 3 is 2.20 bits per heavy atom. The fourth-order valence-electron chi connectivity index (χ4n) is 3.51. The third kappa shape index (κ3) is 4.90. The zero-order valence-corrected chi connectivity index (χ0v) is 18.2. The summed E-state index contributed by atoms with van der Waals surface area (Å²) in [5.41, 5.74) is 3.25. The quantitative estimate of drug-likeness (QED) is 0.499. The summed E-state index contributed by atoms with van der Waals surface area (Å²) in [6.45, 7) is 5.66. The minimum atomic E-state index is -0.376. The third-order valence-electron chi connectivity index (χ3n) is 5.51. The number of ketones is 2. The highest BCUT2D eigenvalue weighted by atomic mass is 32.2. The molecule has 1 N–H and O–H groups in total. The van der Waals surface area contributed by atoms with Gasteiger partial charge >= 0.3 is 0 Å². The molecule has 1 aromatic rings. The first-order valence-corrected chi connectivity index (χ1v) is 10.9. The standard InChI is InChI=1S/C23H25NO5S/c1-13-14(2)21(26)18(15(3)20(13)25)6-4-5-11-29-17-9-7-16(8-10-17)12-19-22(27)24-23(28)30-19/h7-10,19H,4-6,11-12H2,1-3H3,(H,24,27,28). The molecule has 1 unspecified atom stereocenters. The second-order valence-electron chi connectivity index (χ2n) is 7.55. The summed E-state index contributed by atoms with van der Waals surface area (Å²) in [6, 6.07) is 7.48. The number of nitrogens with one attached hydrogen (secondary N) is 1. The molecule has 1 heterocycles. The molecule has 158 valence electrons. The number of thioether (sulfide) groups is 1. The lowest BCUT2D eigenvalue weighted by molar-refractivity contribution is -0.119. The number of hydrogen-bond acceptors (Lipinski definition) is 6. The van der Waals surface area contributed by atoms with E-state index < -0.39 is 0 Å². The van der Waals surface area contributed by atoms with Gasteiger partial charge in [-0.15, -0.1) is 0 Å². The van der Waals surface area contributed by atoms with Gasteiger partial charge in [0.25, 0.3) is 5.24 Å². The Morgan fingerprint density at radius 2 is 1.57 bits per heavy atom. The number of carbonyl (C=O) groups is 4. The number of carbonyl (C=O) groups excluding carboxylic acids is 4. The molecule has 7 heteroatoms. The van der Waals surface area contributed by atoms with Gasteiger partial charge in [0.1, 0.15) is 5.75 Å². The number of rotatable bonds is 8. The highest BCUT2D eigenvalue weighted by Gasteiger charge is 2.31. The molecule has 0 bridgehead atoms. The van der Waals surface area contributed by atoms with Crippen LogP contribution in [0, 0.1) is 0 Å². The van der Waals surface area contributed by atoms with E-state index in [1.807, 2.05) is 24.3 Å². The summed E-state index contributed by atoms with van der Waals surface area (Å²) < 4.78 is 5.76. The summed E-state index contributed by atoms with van der Waals surface area (Å²) in [7, 11) is 0. The van der Waals surface area contributed by atoms with Gasteiger partial charge < -0.3 is 4.74 Å². The Morgan fingerprint density at radius 1 is 0.900 bits per heavy atom. The van der Waals surface area contributed by atoms with Crippen molar-refractivity contribution in [2.75, 3.05) is 6.61 Å². The van der Waals surface area contributed by atoms with Crippen molar-refractivity contribution < 1.29 is 23.9 Å². The van der Waals surface area contributed by atoms with Gasteiger partial charge in [0.15, 0.2) is 11.6 Å². The van der Waals surface area contributed by atoms with Crippen LogP contribution in [0.5, 0.6) is 5.75 Å². The molecule has 1 aliphatic carbocycles. The monoisotopic (exact) mass is 427 g/mol. The number of unbranched alkanes of at least 4 members (excludes halogenated alkanes) is 1. The molecule has 2 amide bonds. The van der Waals surface area contributed by atoms with Crippen molar-refractivity contribution >= 4 is 34.5 Å². The summed E-state index contributed by atoms with van der Waals surface area (Å²) in [5, 5.41) is 1.62. The Balaban J connectivity index is 1.43. The Labute approximate surface area is 180 Å². The van der Waals surface area contributed by atoms with E-state index in [1.165, 1.54) is 0 Å². The van der Waals surface area contributed by atoms with Crippen molar-refractivity contribution in [1.82, 2.24) is 5.32 Å². The van der Waals surface area contributed by atoms with Gasteiger partial charge in [0.2, 0.25) is 5.91 Å². The average molecular weight is 428 g/mol. The number of imide groups is 1. The number of benzene rings is 1. The summed E-state index contributed by atoms with van der Waals surface area (Å²) in [5.74, 6) is 0.440. The molecule has 0 radical (unpaired) electrons. The van der Waals surface area contributed by atoms with E-state index in [1.54, 1.807) is 20.8 Å². The fourth-order valence-corrected chi connectivity index (χ4v) is 4.37. The summed E-state index contributed by atoms with van der Waals surface area (Å²) in [4.78, 5) is 47.5.